The van der Waals surface area contributed by atoms with Gasteiger partial charge in [-0.3, -0.25) is 4.57 Å². The number of hydrogen-bond donors (Lipinski definition) is 0. The first kappa shape index (κ1) is 14.4. The molecule has 0 atom stereocenters. The van der Waals surface area contributed by atoms with Crippen LogP contribution in [0.2, 0.25) is 0 Å². The van der Waals surface area contributed by atoms with Crippen molar-refractivity contribution in [3.8, 4) is 11.8 Å². The number of nitrogens with zero attached hydrogens (tertiary/aromatic N) is 4. The largest absolute Gasteiger partial charge is 0.425 e. The van der Waals surface area contributed by atoms with Crippen molar-refractivity contribution >= 4 is 11.2 Å². The lowest BCUT2D eigenvalue weighted by Crippen LogP contribution is -2.05. The molecule has 0 saturated carbocycles. The molecule has 2 aromatic heterocycles. The maximum atomic E-state index is 13.3. The highest BCUT2D eigenvalue weighted by Gasteiger charge is 2.18. The van der Waals surface area contributed by atoms with Crippen molar-refractivity contribution in [3.63, 3.8) is 0 Å². The zero-order valence-electron chi connectivity index (χ0n) is 13.0. The van der Waals surface area contributed by atoms with Crippen LogP contribution in [-0.4, -0.2) is 19.5 Å². The van der Waals surface area contributed by atoms with Gasteiger partial charge in [0.25, 0.3) is 0 Å². The third-order valence-corrected chi connectivity index (χ3v) is 3.42. The molecule has 0 bridgehead atoms. The van der Waals surface area contributed by atoms with Crippen molar-refractivity contribution in [1.82, 2.24) is 19.5 Å². The quantitative estimate of drug-likeness (QED) is 0.687. The first-order valence-corrected chi connectivity index (χ1v) is 7.11. The van der Waals surface area contributed by atoms with Crippen LogP contribution in [0.3, 0.4) is 0 Å². The molecule has 3 aromatic rings. The van der Waals surface area contributed by atoms with E-state index in [1.807, 2.05) is 45.9 Å². The van der Waals surface area contributed by atoms with E-state index in [0.29, 0.717) is 17.2 Å². The zero-order valence-corrected chi connectivity index (χ0v) is 13.0. The summed E-state index contributed by atoms with van der Waals surface area (Å²) in [6, 6.07) is 6.33. The molecule has 0 N–H and O–H groups in total. The number of halogens is 1. The molecule has 0 aliphatic heterocycles. The van der Waals surface area contributed by atoms with Gasteiger partial charge < -0.3 is 4.74 Å². The van der Waals surface area contributed by atoms with E-state index in [4.69, 9.17) is 4.74 Å². The van der Waals surface area contributed by atoms with Gasteiger partial charge in [0, 0.05) is 6.04 Å². The number of ether oxygens (including phenoxy) is 1. The Balaban J connectivity index is 2.12. The predicted molar refractivity (Wildman–Crippen MR) is 81.7 cm³/mol. The normalized spacial score (nSPS) is 11.4. The minimum Gasteiger partial charge on any atom is -0.425 e. The second kappa shape index (κ2) is 5.36. The molecule has 1 aromatic carbocycles. The highest BCUT2D eigenvalue weighted by molar-refractivity contribution is 5.71. The van der Waals surface area contributed by atoms with Gasteiger partial charge >= 0.3 is 12.1 Å². The Morgan fingerprint density at radius 3 is 2.64 bits per heavy atom. The fourth-order valence-corrected chi connectivity index (χ4v) is 2.40. The molecule has 0 amide bonds. The number of rotatable bonds is 3. The highest BCUT2D eigenvalue weighted by atomic mass is 19.1. The second-order valence-electron chi connectivity index (χ2n) is 5.58. The number of aromatic nitrogens is 4. The van der Waals surface area contributed by atoms with Crippen molar-refractivity contribution in [2.45, 2.75) is 33.7 Å². The van der Waals surface area contributed by atoms with Gasteiger partial charge in [-0.2, -0.15) is 14.4 Å². The van der Waals surface area contributed by atoms with Gasteiger partial charge in [-0.25, -0.2) is 4.98 Å². The molecular weight excluding hydrogens is 283 g/mol. The van der Waals surface area contributed by atoms with E-state index >= 15 is 0 Å². The lowest BCUT2D eigenvalue weighted by Gasteiger charge is -2.13. The Kier molecular flexibility index (Phi) is 3.52. The molecule has 0 fully saturated rings. The van der Waals surface area contributed by atoms with E-state index in [-0.39, 0.29) is 6.04 Å². The van der Waals surface area contributed by atoms with Crippen molar-refractivity contribution in [2.24, 2.45) is 0 Å². The monoisotopic (exact) mass is 300 g/mol. The van der Waals surface area contributed by atoms with E-state index < -0.39 is 6.08 Å². The lowest BCUT2D eigenvalue weighted by atomic mass is 10.1. The van der Waals surface area contributed by atoms with Crippen LogP contribution in [0.15, 0.2) is 24.4 Å². The van der Waals surface area contributed by atoms with E-state index in [1.54, 1.807) is 4.57 Å². The Morgan fingerprint density at radius 2 is 1.95 bits per heavy atom. The molecule has 0 radical (unpaired) electrons. The Labute approximate surface area is 127 Å². The maximum absolute atomic E-state index is 13.3. The lowest BCUT2D eigenvalue weighted by molar-refractivity contribution is 0.397. The fourth-order valence-electron chi connectivity index (χ4n) is 2.40. The zero-order chi connectivity index (χ0) is 15.9. The summed E-state index contributed by atoms with van der Waals surface area (Å²) in [6.07, 6.45) is 0.596. The molecule has 0 unspecified atom stereocenters. The molecule has 0 aliphatic rings. The van der Waals surface area contributed by atoms with Crippen LogP contribution in [0.1, 0.15) is 31.0 Å². The van der Waals surface area contributed by atoms with Crippen LogP contribution < -0.4 is 4.74 Å². The molecule has 22 heavy (non-hydrogen) atoms. The first-order valence-electron chi connectivity index (χ1n) is 7.11. The summed E-state index contributed by atoms with van der Waals surface area (Å²) in [5, 5.41) is 0. The molecule has 5 nitrogen and oxygen atoms in total. The van der Waals surface area contributed by atoms with Crippen LogP contribution in [0, 0.1) is 19.9 Å². The van der Waals surface area contributed by atoms with Gasteiger partial charge in [-0.1, -0.05) is 17.7 Å². The molecule has 3 rings (SSSR count). The fraction of sp³-hybridized carbons (Fsp3) is 0.312. The smallest absolute Gasteiger partial charge is 0.310 e. The number of aryl methyl sites for hydroxylation is 2. The molecule has 6 heteroatoms. The summed E-state index contributed by atoms with van der Waals surface area (Å²) in [6.45, 7) is 7.94. The number of imidazole rings is 1. The average Bonchev–Trinajstić information content (AvgIpc) is 2.79. The van der Waals surface area contributed by atoms with Crippen LogP contribution in [0.4, 0.5) is 4.39 Å². The van der Waals surface area contributed by atoms with Gasteiger partial charge in [-0.15, -0.1) is 0 Å². The maximum Gasteiger partial charge on any atom is 0.310 e. The number of hydrogen-bond acceptors (Lipinski definition) is 4. The number of fused-ring (bicyclic) bond motifs is 1. The molecule has 114 valence electrons. The molecule has 0 aliphatic carbocycles. The predicted octanol–water partition coefficient (Wildman–Crippen LogP) is 3.96. The topological polar surface area (TPSA) is 52.8 Å². The third kappa shape index (κ3) is 2.52. The van der Waals surface area contributed by atoms with E-state index in [2.05, 4.69) is 15.0 Å². The van der Waals surface area contributed by atoms with Crippen molar-refractivity contribution < 1.29 is 9.13 Å². The minimum absolute atomic E-state index is 0.0278. The average molecular weight is 300 g/mol. The summed E-state index contributed by atoms with van der Waals surface area (Å²) >= 11 is 0. The van der Waals surface area contributed by atoms with Crippen molar-refractivity contribution in [3.05, 3.63) is 41.6 Å². The van der Waals surface area contributed by atoms with Crippen LogP contribution in [0.25, 0.3) is 11.2 Å². The van der Waals surface area contributed by atoms with E-state index in [0.717, 1.165) is 16.9 Å². The molecule has 2 heterocycles. The van der Waals surface area contributed by atoms with Gasteiger partial charge in [0.2, 0.25) is 0 Å². The van der Waals surface area contributed by atoms with Gasteiger partial charge in [0.15, 0.2) is 5.65 Å². The minimum atomic E-state index is -0.771. The van der Waals surface area contributed by atoms with Gasteiger partial charge in [0.05, 0.1) is 6.20 Å². The van der Waals surface area contributed by atoms with E-state index in [1.165, 1.54) is 6.20 Å². The highest BCUT2D eigenvalue weighted by Crippen LogP contribution is 2.30. The van der Waals surface area contributed by atoms with Crippen molar-refractivity contribution in [2.75, 3.05) is 0 Å². The summed E-state index contributed by atoms with van der Waals surface area (Å²) in [5.41, 5.74) is 3.12. The molecular formula is C16H17FN4O. The number of benzene rings is 1. The standard InChI is InChI=1S/C16H17FN4O/c1-9(2)21-14-12(8-18-15(17)20-14)19-16(21)22-13-6-5-10(3)7-11(13)4/h5-9H,1-4H3. The summed E-state index contributed by atoms with van der Waals surface area (Å²) < 4.78 is 21.0. The summed E-state index contributed by atoms with van der Waals surface area (Å²) in [7, 11) is 0. The SMILES string of the molecule is Cc1ccc(Oc2nc3cnc(F)nc3n2C(C)C)c(C)c1. The Hall–Kier alpha value is -2.50. The third-order valence-electron chi connectivity index (χ3n) is 3.42. The Morgan fingerprint density at radius 1 is 1.18 bits per heavy atom. The first-order chi connectivity index (χ1) is 10.5. The van der Waals surface area contributed by atoms with E-state index in [9.17, 15) is 4.39 Å². The van der Waals surface area contributed by atoms with Crippen LogP contribution >= 0.6 is 0 Å². The second-order valence-corrected chi connectivity index (χ2v) is 5.58. The summed E-state index contributed by atoms with van der Waals surface area (Å²) in [4.78, 5) is 11.8. The van der Waals surface area contributed by atoms with Gasteiger partial charge in [-0.05, 0) is 39.3 Å². The van der Waals surface area contributed by atoms with Crippen LogP contribution in [-0.2, 0) is 0 Å². The van der Waals surface area contributed by atoms with Crippen LogP contribution in [0.5, 0.6) is 11.8 Å². The van der Waals surface area contributed by atoms with Crippen molar-refractivity contribution in [1.29, 1.82) is 0 Å². The Bertz CT molecular complexity index is 842. The summed E-state index contributed by atoms with van der Waals surface area (Å²) in [5.74, 6) is 0.719. The molecule has 0 spiro atoms. The molecule has 0 saturated heterocycles. The van der Waals surface area contributed by atoms with Gasteiger partial charge in [0.1, 0.15) is 11.3 Å².